The number of carbonyl (C=O) groups is 2. The minimum Gasteiger partial charge on any atom is -0.465 e. The summed E-state index contributed by atoms with van der Waals surface area (Å²) >= 11 is 0. The Hall–Kier alpha value is -4.23. The number of amides is 2. The third-order valence-corrected chi connectivity index (χ3v) is 15.6. The number of imidazole rings is 1. The number of nitrogens with one attached hydrogen (secondary N) is 2. The third kappa shape index (κ3) is 8.39. The van der Waals surface area contributed by atoms with E-state index in [2.05, 4.69) is 49.6 Å². The number of nitrogens with zero attached hydrogens (tertiary/aromatic N) is 4. The molecule has 1 aromatic heterocycles. The van der Waals surface area contributed by atoms with Crippen LogP contribution in [-0.4, -0.2) is 90.0 Å². The summed E-state index contributed by atoms with van der Waals surface area (Å²) in [7, 11) is -3.46. The minimum absolute atomic E-state index is 0.0107. The Morgan fingerprint density at radius 3 is 2.39 bits per heavy atom. The number of sulfone groups is 1. The molecule has 3 aromatic rings. The van der Waals surface area contributed by atoms with Gasteiger partial charge in [-0.3, -0.25) is 4.79 Å². The second-order valence-corrected chi connectivity index (χ2v) is 18.8. The average molecular weight is 789 g/mol. The standard InChI is InChI=1S/C43H57FN6O5S/c1-3-40-45-21-24-49(40)29-43(32-7-5-8-33(44)25-32,38-9-6-10-39(38)47-42(52)53)31-19-22-48(23-20-31)26-30-27-50(28-30)35-13-17-37(18-14-35)56(54,55)36-15-11-34(12-16-36)46-41(51)4-2/h4-5,7-8,13-14,17-18,21,24-25,30-31,34,36,38-39,47H,2-3,6,9-12,15-16,19-20,22-23,26-29H2,1H3,(H,46,51)(H,52,53)/t34?,36?,38-,39-,43?/m0/s1. The normalized spacial score (nSPS) is 24.9. The summed E-state index contributed by atoms with van der Waals surface area (Å²) in [5, 5.41) is 15.2. The van der Waals surface area contributed by atoms with Crippen molar-refractivity contribution in [1.29, 1.82) is 0 Å². The van der Waals surface area contributed by atoms with Gasteiger partial charge in [-0.25, -0.2) is 22.6 Å². The monoisotopic (exact) mass is 788 g/mol. The fourth-order valence-corrected chi connectivity index (χ4v) is 12.4. The molecule has 13 heteroatoms. The highest BCUT2D eigenvalue weighted by molar-refractivity contribution is 7.92. The maximum Gasteiger partial charge on any atom is 0.404 e. The summed E-state index contributed by atoms with van der Waals surface area (Å²) in [6.45, 7) is 10.8. The first-order valence-electron chi connectivity index (χ1n) is 20.5. The van der Waals surface area contributed by atoms with Crippen molar-refractivity contribution < 1.29 is 27.5 Å². The largest absolute Gasteiger partial charge is 0.465 e. The van der Waals surface area contributed by atoms with Gasteiger partial charge in [0, 0.05) is 74.1 Å². The van der Waals surface area contributed by atoms with Gasteiger partial charge in [0.1, 0.15) is 11.6 Å². The summed E-state index contributed by atoms with van der Waals surface area (Å²) < 4.78 is 44.3. The van der Waals surface area contributed by atoms with Crippen molar-refractivity contribution in [3.63, 3.8) is 0 Å². The van der Waals surface area contributed by atoms with E-state index in [1.54, 1.807) is 24.3 Å². The second-order valence-electron chi connectivity index (χ2n) is 16.5. The highest BCUT2D eigenvalue weighted by Crippen LogP contribution is 2.52. The Bertz CT molecular complexity index is 1950. The SMILES string of the molecule is C=CC(=O)NC1CCC(S(=O)(=O)c2ccc(N3CC(CN4CCC(C(Cn5ccnc5CC)(c5cccc(F)c5)[C@H]5CCC[C@@H]5NC(=O)O)CC4)C3)cc2)CC1. The van der Waals surface area contributed by atoms with E-state index in [-0.39, 0.29) is 35.6 Å². The van der Waals surface area contributed by atoms with Gasteiger partial charge in [-0.1, -0.05) is 32.1 Å². The predicted octanol–water partition coefficient (Wildman–Crippen LogP) is 6.19. The number of anilines is 1. The summed E-state index contributed by atoms with van der Waals surface area (Å²) in [5.74, 6) is 1.21. The Morgan fingerprint density at radius 1 is 1.00 bits per heavy atom. The number of aromatic nitrogens is 2. The van der Waals surface area contributed by atoms with Crippen LogP contribution >= 0.6 is 0 Å². The van der Waals surface area contributed by atoms with E-state index in [9.17, 15) is 23.1 Å². The van der Waals surface area contributed by atoms with E-state index in [1.807, 2.05) is 24.5 Å². The van der Waals surface area contributed by atoms with Crippen LogP contribution in [0.25, 0.3) is 0 Å². The van der Waals surface area contributed by atoms with Crippen LogP contribution in [0.5, 0.6) is 0 Å². The topological polar surface area (TPSA) is 137 Å². The quantitative estimate of drug-likeness (QED) is 0.165. The molecular formula is C43H57FN6O5S. The highest BCUT2D eigenvalue weighted by Gasteiger charge is 2.52. The van der Waals surface area contributed by atoms with Crippen LogP contribution in [-0.2, 0) is 33.0 Å². The van der Waals surface area contributed by atoms with Gasteiger partial charge < -0.3 is 30.1 Å². The molecule has 2 amide bonds. The Morgan fingerprint density at radius 2 is 1.73 bits per heavy atom. The van der Waals surface area contributed by atoms with Gasteiger partial charge in [-0.15, -0.1) is 0 Å². The van der Waals surface area contributed by atoms with E-state index in [4.69, 9.17) is 0 Å². The molecule has 3 heterocycles. The molecule has 2 aliphatic heterocycles. The second kappa shape index (κ2) is 17.1. The van der Waals surface area contributed by atoms with Crippen molar-refractivity contribution in [3.8, 4) is 0 Å². The molecule has 0 radical (unpaired) electrons. The van der Waals surface area contributed by atoms with Crippen molar-refractivity contribution >= 4 is 27.5 Å². The van der Waals surface area contributed by atoms with E-state index in [0.717, 1.165) is 88.3 Å². The molecule has 2 aliphatic carbocycles. The molecule has 2 aromatic carbocycles. The number of carbonyl (C=O) groups excluding carboxylic acids is 1. The first-order chi connectivity index (χ1) is 27.0. The first kappa shape index (κ1) is 40.0. The number of benzene rings is 2. The molecule has 302 valence electrons. The minimum atomic E-state index is -3.46. The number of rotatable bonds is 14. The third-order valence-electron chi connectivity index (χ3n) is 13.4. The van der Waals surface area contributed by atoms with E-state index in [1.165, 1.54) is 12.1 Å². The van der Waals surface area contributed by atoms with Crippen molar-refractivity contribution in [1.82, 2.24) is 25.1 Å². The van der Waals surface area contributed by atoms with Crippen LogP contribution in [0.4, 0.5) is 14.9 Å². The summed E-state index contributed by atoms with van der Waals surface area (Å²) in [6.07, 6.45) is 11.6. The fraction of sp³-hybridized carbons (Fsp3) is 0.558. The van der Waals surface area contributed by atoms with Crippen LogP contribution < -0.4 is 15.5 Å². The zero-order valence-electron chi connectivity index (χ0n) is 32.5. The lowest BCUT2D eigenvalue weighted by Crippen LogP contribution is -2.56. The molecule has 2 saturated heterocycles. The molecule has 56 heavy (non-hydrogen) atoms. The zero-order valence-corrected chi connectivity index (χ0v) is 33.3. The molecule has 7 rings (SSSR count). The first-order valence-corrected chi connectivity index (χ1v) is 22.0. The number of carboxylic acid groups (broad SMARTS) is 1. The molecule has 2 saturated carbocycles. The lowest BCUT2D eigenvalue weighted by Gasteiger charge is -2.51. The molecule has 0 spiro atoms. The highest BCUT2D eigenvalue weighted by atomic mass is 32.2. The smallest absolute Gasteiger partial charge is 0.404 e. The zero-order chi connectivity index (χ0) is 39.5. The van der Waals surface area contributed by atoms with Crippen molar-refractivity contribution in [2.75, 3.05) is 37.6 Å². The number of aryl methyl sites for hydroxylation is 1. The Kier molecular flexibility index (Phi) is 12.2. The van der Waals surface area contributed by atoms with Gasteiger partial charge in [-0.05, 0) is 124 Å². The number of likely N-dealkylation sites (tertiary alicyclic amines) is 1. The van der Waals surface area contributed by atoms with Gasteiger partial charge >= 0.3 is 6.09 Å². The number of hydrogen-bond donors (Lipinski definition) is 3. The summed E-state index contributed by atoms with van der Waals surface area (Å²) in [6, 6.07) is 14.2. The molecule has 3 atom stereocenters. The van der Waals surface area contributed by atoms with Crippen LogP contribution in [0.3, 0.4) is 0 Å². The average Bonchev–Trinajstić information content (AvgIpc) is 3.84. The van der Waals surface area contributed by atoms with Gasteiger partial charge in [0.05, 0.1) is 10.1 Å². The molecule has 11 nitrogen and oxygen atoms in total. The van der Waals surface area contributed by atoms with E-state index in [0.29, 0.717) is 43.0 Å². The molecular weight excluding hydrogens is 732 g/mol. The van der Waals surface area contributed by atoms with Gasteiger partial charge in [0.2, 0.25) is 5.91 Å². The number of piperidine rings is 1. The predicted molar refractivity (Wildman–Crippen MR) is 215 cm³/mol. The maximum absolute atomic E-state index is 15.1. The molecule has 3 N–H and O–H groups in total. The molecule has 4 aliphatic rings. The molecule has 4 fully saturated rings. The van der Waals surface area contributed by atoms with Crippen LogP contribution in [0.15, 0.2) is 78.5 Å². The van der Waals surface area contributed by atoms with Gasteiger partial charge in [-0.2, -0.15) is 0 Å². The van der Waals surface area contributed by atoms with Crippen molar-refractivity contribution in [2.45, 2.75) is 105 Å². The number of halogens is 1. The van der Waals surface area contributed by atoms with E-state index < -0.39 is 26.6 Å². The van der Waals surface area contributed by atoms with Crippen LogP contribution in [0, 0.1) is 23.6 Å². The summed E-state index contributed by atoms with van der Waals surface area (Å²) in [5.41, 5.74) is 1.49. The van der Waals surface area contributed by atoms with Gasteiger partial charge in [0.25, 0.3) is 0 Å². The summed E-state index contributed by atoms with van der Waals surface area (Å²) in [4.78, 5) is 33.5. The molecule has 0 bridgehead atoms. The fourth-order valence-electron chi connectivity index (χ4n) is 10.6. The Balaban J connectivity index is 0.990. The van der Waals surface area contributed by atoms with E-state index >= 15 is 4.39 Å². The lowest BCUT2D eigenvalue weighted by molar-refractivity contribution is -0.117. The van der Waals surface area contributed by atoms with Gasteiger partial charge in [0.15, 0.2) is 9.84 Å². The van der Waals surface area contributed by atoms with Crippen molar-refractivity contribution in [3.05, 3.63) is 90.8 Å². The lowest BCUT2D eigenvalue weighted by atomic mass is 9.58. The Labute approximate surface area is 330 Å². The van der Waals surface area contributed by atoms with Crippen molar-refractivity contribution in [2.24, 2.45) is 17.8 Å². The van der Waals surface area contributed by atoms with Crippen LogP contribution in [0.2, 0.25) is 0 Å². The molecule has 1 unspecified atom stereocenters. The maximum atomic E-state index is 15.1. The van der Waals surface area contributed by atoms with Crippen LogP contribution in [0.1, 0.15) is 76.1 Å². The number of hydrogen-bond acceptors (Lipinski definition) is 7.